The monoisotopic (exact) mass is 239 g/mol. The summed E-state index contributed by atoms with van der Waals surface area (Å²) in [5, 5.41) is 2.75. The first-order chi connectivity index (χ1) is 7.77. The van der Waals surface area contributed by atoms with Crippen LogP contribution in [0, 0.1) is 0 Å². The molecule has 0 unspecified atom stereocenters. The maximum absolute atomic E-state index is 11.6. The van der Waals surface area contributed by atoms with Gasteiger partial charge in [0.2, 0.25) is 0 Å². The van der Waals surface area contributed by atoms with E-state index in [0.717, 1.165) is 5.75 Å². The summed E-state index contributed by atoms with van der Waals surface area (Å²) < 4.78 is 5.00. The second-order valence-electron chi connectivity index (χ2n) is 3.06. The first-order valence-corrected chi connectivity index (χ1v) is 5.44. The van der Waals surface area contributed by atoms with Crippen molar-refractivity contribution in [3.05, 3.63) is 42.0 Å². The van der Waals surface area contributed by atoms with Gasteiger partial charge in [-0.3, -0.25) is 4.79 Å². The molecule has 0 saturated carbocycles. The lowest BCUT2D eigenvalue weighted by molar-refractivity contribution is 0.0958. The van der Waals surface area contributed by atoms with Gasteiger partial charge < -0.3 is 10.1 Å². The molecule has 3 nitrogen and oxygen atoms in total. The van der Waals surface area contributed by atoms with E-state index in [1.165, 1.54) is 0 Å². The summed E-state index contributed by atoms with van der Waals surface area (Å²) >= 11 is 5.45. The summed E-state index contributed by atoms with van der Waals surface area (Å²) in [5.74, 6) is 1.08. The van der Waals surface area contributed by atoms with Crippen LogP contribution < -0.4 is 10.1 Å². The second-order valence-corrected chi connectivity index (χ2v) is 3.37. The summed E-state index contributed by atoms with van der Waals surface area (Å²) in [6.07, 6.45) is 3.60. The van der Waals surface area contributed by atoms with E-state index in [1.54, 1.807) is 37.5 Å². The number of carbonyl (C=O) groups is 1. The number of halogens is 1. The van der Waals surface area contributed by atoms with E-state index in [4.69, 9.17) is 16.3 Å². The van der Waals surface area contributed by atoms with Crippen LogP contribution in [0.5, 0.6) is 5.75 Å². The molecular formula is C12H14ClNO2. The summed E-state index contributed by atoms with van der Waals surface area (Å²) in [7, 11) is 1.59. The SMILES string of the molecule is COc1ccc(C(=O)NC/C=C/CCl)cc1. The van der Waals surface area contributed by atoms with Crippen molar-refractivity contribution in [1.29, 1.82) is 0 Å². The molecule has 0 spiro atoms. The molecule has 0 atom stereocenters. The van der Waals surface area contributed by atoms with E-state index in [9.17, 15) is 4.79 Å². The highest BCUT2D eigenvalue weighted by molar-refractivity contribution is 6.18. The maximum atomic E-state index is 11.6. The lowest BCUT2D eigenvalue weighted by Crippen LogP contribution is -2.23. The zero-order chi connectivity index (χ0) is 11.8. The van der Waals surface area contributed by atoms with Crippen molar-refractivity contribution in [1.82, 2.24) is 5.32 Å². The normalized spacial score (nSPS) is 10.4. The molecule has 0 aliphatic heterocycles. The van der Waals surface area contributed by atoms with Crippen LogP contribution in [-0.4, -0.2) is 25.4 Å². The number of nitrogens with one attached hydrogen (secondary N) is 1. The van der Waals surface area contributed by atoms with Gasteiger partial charge in [-0.05, 0) is 24.3 Å². The first-order valence-electron chi connectivity index (χ1n) is 4.91. The van der Waals surface area contributed by atoms with Gasteiger partial charge in [0.25, 0.3) is 5.91 Å². The Balaban J connectivity index is 2.49. The molecule has 0 fully saturated rings. The largest absolute Gasteiger partial charge is 0.497 e. The van der Waals surface area contributed by atoms with Crippen molar-refractivity contribution in [2.45, 2.75) is 0 Å². The topological polar surface area (TPSA) is 38.3 Å². The molecule has 0 aliphatic rings. The van der Waals surface area contributed by atoms with Crippen LogP contribution in [0.1, 0.15) is 10.4 Å². The quantitative estimate of drug-likeness (QED) is 0.632. The van der Waals surface area contributed by atoms with Crippen LogP contribution in [0.2, 0.25) is 0 Å². The highest BCUT2D eigenvalue weighted by atomic mass is 35.5. The Morgan fingerprint density at radius 1 is 1.38 bits per heavy atom. The number of alkyl halides is 1. The molecule has 1 amide bonds. The van der Waals surface area contributed by atoms with Gasteiger partial charge in [0.1, 0.15) is 5.75 Å². The van der Waals surface area contributed by atoms with Crippen LogP contribution in [-0.2, 0) is 0 Å². The number of hydrogen-bond acceptors (Lipinski definition) is 2. The third kappa shape index (κ3) is 3.95. The Morgan fingerprint density at radius 3 is 2.62 bits per heavy atom. The molecule has 0 radical (unpaired) electrons. The molecule has 1 aromatic carbocycles. The van der Waals surface area contributed by atoms with Gasteiger partial charge in [-0.2, -0.15) is 0 Å². The fraction of sp³-hybridized carbons (Fsp3) is 0.250. The standard InChI is InChI=1S/C12H14ClNO2/c1-16-11-6-4-10(5-7-11)12(15)14-9-3-2-8-13/h2-7H,8-9H2,1H3,(H,14,15)/b3-2+. The Labute approximate surface area is 100 Å². The minimum atomic E-state index is -0.109. The highest BCUT2D eigenvalue weighted by Crippen LogP contribution is 2.10. The number of allylic oxidation sites excluding steroid dienone is 1. The molecule has 0 saturated heterocycles. The molecule has 16 heavy (non-hydrogen) atoms. The van der Waals surface area contributed by atoms with Crippen molar-refractivity contribution in [2.24, 2.45) is 0 Å². The minimum absolute atomic E-state index is 0.109. The summed E-state index contributed by atoms with van der Waals surface area (Å²) in [4.78, 5) is 11.6. The van der Waals surface area contributed by atoms with E-state index in [-0.39, 0.29) is 5.91 Å². The molecule has 0 aromatic heterocycles. The number of hydrogen-bond donors (Lipinski definition) is 1. The highest BCUT2D eigenvalue weighted by Gasteiger charge is 2.03. The van der Waals surface area contributed by atoms with Crippen LogP contribution in [0.4, 0.5) is 0 Å². The van der Waals surface area contributed by atoms with Gasteiger partial charge in [0.15, 0.2) is 0 Å². The smallest absolute Gasteiger partial charge is 0.251 e. The van der Waals surface area contributed by atoms with E-state index in [0.29, 0.717) is 18.0 Å². The summed E-state index contributed by atoms with van der Waals surface area (Å²) in [6, 6.07) is 6.95. The summed E-state index contributed by atoms with van der Waals surface area (Å²) in [5.41, 5.74) is 0.611. The minimum Gasteiger partial charge on any atom is -0.497 e. The van der Waals surface area contributed by atoms with E-state index >= 15 is 0 Å². The average molecular weight is 240 g/mol. The molecule has 0 bridgehead atoms. The fourth-order valence-electron chi connectivity index (χ4n) is 1.14. The van der Waals surface area contributed by atoms with Crippen LogP contribution in [0.25, 0.3) is 0 Å². The molecule has 0 heterocycles. The molecule has 4 heteroatoms. The van der Waals surface area contributed by atoms with Gasteiger partial charge in [-0.1, -0.05) is 12.2 Å². The van der Waals surface area contributed by atoms with Crippen LogP contribution in [0.15, 0.2) is 36.4 Å². The van der Waals surface area contributed by atoms with E-state index in [2.05, 4.69) is 5.32 Å². The van der Waals surface area contributed by atoms with Gasteiger partial charge in [0, 0.05) is 18.0 Å². The Hall–Kier alpha value is -1.48. The number of methoxy groups -OCH3 is 1. The molecule has 0 aliphatic carbocycles. The maximum Gasteiger partial charge on any atom is 0.251 e. The van der Waals surface area contributed by atoms with Gasteiger partial charge in [0.05, 0.1) is 7.11 Å². The fourth-order valence-corrected chi connectivity index (χ4v) is 1.27. The molecule has 1 aromatic rings. The van der Waals surface area contributed by atoms with Gasteiger partial charge in [-0.15, -0.1) is 11.6 Å². The second kappa shape index (κ2) is 6.90. The Bertz CT molecular complexity index is 360. The third-order valence-corrected chi connectivity index (χ3v) is 2.17. The van der Waals surface area contributed by atoms with Crippen LogP contribution in [0.3, 0.4) is 0 Å². The Kier molecular flexibility index (Phi) is 5.43. The number of benzene rings is 1. The molecular weight excluding hydrogens is 226 g/mol. The van der Waals surface area contributed by atoms with Crippen molar-refractivity contribution < 1.29 is 9.53 Å². The number of rotatable bonds is 5. The van der Waals surface area contributed by atoms with Crippen LogP contribution >= 0.6 is 11.6 Å². The molecule has 1 N–H and O–H groups in total. The number of ether oxygens (including phenoxy) is 1. The predicted molar refractivity (Wildman–Crippen MR) is 65.2 cm³/mol. The first kappa shape index (κ1) is 12.6. The molecule has 1 rings (SSSR count). The zero-order valence-corrected chi connectivity index (χ0v) is 9.83. The van der Waals surface area contributed by atoms with Crippen molar-refractivity contribution in [3.8, 4) is 5.75 Å². The van der Waals surface area contributed by atoms with Crippen molar-refractivity contribution in [3.63, 3.8) is 0 Å². The van der Waals surface area contributed by atoms with E-state index in [1.807, 2.05) is 6.08 Å². The van der Waals surface area contributed by atoms with Crippen molar-refractivity contribution >= 4 is 17.5 Å². The van der Waals surface area contributed by atoms with Crippen molar-refractivity contribution in [2.75, 3.05) is 19.5 Å². The lowest BCUT2D eigenvalue weighted by atomic mass is 10.2. The third-order valence-electron chi connectivity index (χ3n) is 1.99. The van der Waals surface area contributed by atoms with Gasteiger partial charge in [-0.25, -0.2) is 0 Å². The Morgan fingerprint density at radius 2 is 2.06 bits per heavy atom. The van der Waals surface area contributed by atoms with E-state index < -0.39 is 0 Å². The lowest BCUT2D eigenvalue weighted by Gasteiger charge is -2.03. The summed E-state index contributed by atoms with van der Waals surface area (Å²) in [6.45, 7) is 0.484. The predicted octanol–water partition coefficient (Wildman–Crippen LogP) is 2.22. The molecule has 86 valence electrons. The van der Waals surface area contributed by atoms with Gasteiger partial charge >= 0.3 is 0 Å². The number of carbonyl (C=O) groups excluding carboxylic acids is 1. The number of amides is 1. The average Bonchev–Trinajstić information content (AvgIpc) is 2.34. The zero-order valence-electron chi connectivity index (χ0n) is 9.07.